The number of rotatable bonds is 3. The Morgan fingerprint density at radius 3 is 3.08 bits per heavy atom. The van der Waals surface area contributed by atoms with Crippen LogP contribution in [0.2, 0.25) is 0 Å². The minimum Gasteiger partial charge on any atom is -0.354 e. The molecule has 4 rings (SSSR count). The van der Waals surface area contributed by atoms with Crippen molar-refractivity contribution in [1.82, 2.24) is 35.5 Å². The third-order valence-corrected chi connectivity index (χ3v) is 4.48. The van der Waals surface area contributed by atoms with Gasteiger partial charge in [-0.2, -0.15) is 5.10 Å². The van der Waals surface area contributed by atoms with Crippen LogP contribution in [0, 0.1) is 6.92 Å². The molecular formula is C16H18N8O2. The number of nitrogens with zero attached hydrogens (tertiary/aromatic N) is 5. The van der Waals surface area contributed by atoms with Gasteiger partial charge in [0.2, 0.25) is 0 Å². The molecule has 10 heteroatoms. The van der Waals surface area contributed by atoms with Gasteiger partial charge in [-0.05, 0) is 19.8 Å². The molecular weight excluding hydrogens is 336 g/mol. The fourth-order valence-electron chi connectivity index (χ4n) is 3.26. The molecule has 0 unspecified atom stereocenters. The van der Waals surface area contributed by atoms with Gasteiger partial charge in [0.15, 0.2) is 5.65 Å². The molecule has 0 saturated carbocycles. The zero-order valence-corrected chi connectivity index (χ0v) is 14.2. The molecule has 3 aromatic rings. The molecule has 134 valence electrons. The summed E-state index contributed by atoms with van der Waals surface area (Å²) in [4.78, 5) is 40.8. The van der Waals surface area contributed by atoms with Gasteiger partial charge >= 0.3 is 0 Å². The number of fused-ring (bicyclic) bond motifs is 1. The largest absolute Gasteiger partial charge is 0.354 e. The fraction of sp³-hybridized carbons (Fsp3) is 0.375. The molecule has 10 nitrogen and oxygen atoms in total. The normalized spacial score (nSPS) is 17.4. The van der Waals surface area contributed by atoms with E-state index in [1.54, 1.807) is 0 Å². The Morgan fingerprint density at radius 2 is 2.23 bits per heavy atom. The number of nitrogens with one attached hydrogen (secondary N) is 3. The van der Waals surface area contributed by atoms with Crippen molar-refractivity contribution in [2.75, 3.05) is 18.0 Å². The third-order valence-electron chi connectivity index (χ3n) is 4.48. The van der Waals surface area contributed by atoms with Gasteiger partial charge in [0.05, 0.1) is 11.7 Å². The molecule has 0 spiro atoms. The predicted octanol–water partition coefficient (Wildman–Crippen LogP) is 0.143. The molecule has 1 saturated heterocycles. The van der Waals surface area contributed by atoms with Crippen molar-refractivity contribution >= 4 is 22.8 Å². The van der Waals surface area contributed by atoms with E-state index in [-0.39, 0.29) is 23.2 Å². The monoisotopic (exact) mass is 354 g/mol. The van der Waals surface area contributed by atoms with Gasteiger partial charge in [-0.15, -0.1) is 0 Å². The highest BCUT2D eigenvalue weighted by molar-refractivity contribution is 5.92. The Labute approximate surface area is 148 Å². The van der Waals surface area contributed by atoms with Crippen molar-refractivity contribution < 1.29 is 4.79 Å². The van der Waals surface area contributed by atoms with Gasteiger partial charge in [-0.25, -0.2) is 15.0 Å². The van der Waals surface area contributed by atoms with E-state index in [4.69, 9.17) is 0 Å². The number of hydrogen-bond donors (Lipinski definition) is 3. The molecule has 0 bridgehead atoms. The molecule has 1 amide bonds. The van der Waals surface area contributed by atoms with Crippen molar-refractivity contribution in [2.45, 2.75) is 25.8 Å². The SMILES string of the molecule is Cc1[nH]nc2ncnc(N3CCC[C@H](NC(=O)c4cc(=O)[nH]cn4)C3)c12. The standard InChI is InChI=1S/C16H18N8O2/c1-9-13-14(23-22-9)19-8-20-15(13)24-4-2-3-10(6-24)21-16(26)11-5-12(25)18-7-17-11/h5,7-8,10H,2-4,6H2,1H3,(H,21,26)(H,17,18,25)(H,19,20,22,23)/t10-/m0/s1. The molecule has 3 N–H and O–H groups in total. The highest BCUT2D eigenvalue weighted by Crippen LogP contribution is 2.26. The zero-order chi connectivity index (χ0) is 18.1. The molecule has 0 aromatic carbocycles. The second kappa shape index (κ2) is 6.54. The number of piperidine rings is 1. The van der Waals surface area contributed by atoms with Gasteiger partial charge in [-0.3, -0.25) is 14.7 Å². The summed E-state index contributed by atoms with van der Waals surface area (Å²) >= 11 is 0. The average Bonchev–Trinajstić information content (AvgIpc) is 3.03. The van der Waals surface area contributed by atoms with E-state index in [0.717, 1.165) is 36.3 Å². The van der Waals surface area contributed by atoms with Gasteiger partial charge in [0, 0.05) is 30.9 Å². The van der Waals surface area contributed by atoms with E-state index in [2.05, 4.69) is 40.3 Å². The van der Waals surface area contributed by atoms with Gasteiger partial charge in [0.1, 0.15) is 17.8 Å². The molecule has 1 aliphatic rings. The number of anilines is 1. The van der Waals surface area contributed by atoms with E-state index >= 15 is 0 Å². The predicted molar refractivity (Wildman–Crippen MR) is 94.0 cm³/mol. The molecule has 1 fully saturated rings. The number of aromatic amines is 2. The third kappa shape index (κ3) is 3.01. The zero-order valence-electron chi connectivity index (χ0n) is 14.2. The summed E-state index contributed by atoms with van der Waals surface area (Å²) in [5, 5.41) is 11.0. The Balaban J connectivity index is 1.53. The van der Waals surface area contributed by atoms with Gasteiger partial charge in [0.25, 0.3) is 11.5 Å². The van der Waals surface area contributed by atoms with E-state index in [1.807, 2.05) is 6.92 Å². The number of hydrogen-bond acceptors (Lipinski definition) is 7. The fourth-order valence-corrected chi connectivity index (χ4v) is 3.26. The van der Waals surface area contributed by atoms with Crippen LogP contribution in [0.25, 0.3) is 11.0 Å². The molecule has 0 aliphatic carbocycles. The summed E-state index contributed by atoms with van der Waals surface area (Å²) in [6.07, 6.45) is 4.49. The van der Waals surface area contributed by atoms with E-state index < -0.39 is 0 Å². The van der Waals surface area contributed by atoms with Crippen molar-refractivity contribution in [3.05, 3.63) is 40.5 Å². The molecule has 0 radical (unpaired) electrons. The molecule has 1 aliphatic heterocycles. The summed E-state index contributed by atoms with van der Waals surface area (Å²) in [5.74, 6) is 0.463. The van der Waals surface area contributed by atoms with E-state index in [0.29, 0.717) is 12.2 Å². The lowest BCUT2D eigenvalue weighted by Gasteiger charge is -2.34. The van der Waals surface area contributed by atoms with Crippen LogP contribution in [0.4, 0.5) is 5.82 Å². The molecule has 1 atom stereocenters. The average molecular weight is 354 g/mol. The molecule has 4 heterocycles. The number of aromatic nitrogens is 6. The smallest absolute Gasteiger partial charge is 0.270 e. The van der Waals surface area contributed by atoms with Crippen molar-refractivity contribution in [2.24, 2.45) is 0 Å². The van der Waals surface area contributed by atoms with Gasteiger partial charge < -0.3 is 15.2 Å². The summed E-state index contributed by atoms with van der Waals surface area (Å²) in [5.41, 5.74) is 1.30. The van der Waals surface area contributed by atoms with Crippen molar-refractivity contribution in [3.8, 4) is 0 Å². The minimum absolute atomic E-state index is 0.0606. The summed E-state index contributed by atoms with van der Waals surface area (Å²) < 4.78 is 0. The first-order chi connectivity index (χ1) is 12.6. The van der Waals surface area contributed by atoms with Crippen molar-refractivity contribution in [3.63, 3.8) is 0 Å². The topological polar surface area (TPSA) is 133 Å². The van der Waals surface area contributed by atoms with E-state index in [9.17, 15) is 9.59 Å². The number of carbonyl (C=O) groups is 1. The quantitative estimate of drug-likeness (QED) is 0.609. The number of aryl methyl sites for hydroxylation is 1. The van der Waals surface area contributed by atoms with Crippen LogP contribution in [0.1, 0.15) is 29.0 Å². The Hall–Kier alpha value is -3.30. The van der Waals surface area contributed by atoms with Crippen LogP contribution in [0.5, 0.6) is 0 Å². The van der Waals surface area contributed by atoms with Crippen LogP contribution < -0.4 is 15.8 Å². The second-order valence-electron chi connectivity index (χ2n) is 6.30. The van der Waals surface area contributed by atoms with Crippen LogP contribution in [0.3, 0.4) is 0 Å². The number of H-pyrrole nitrogens is 2. The van der Waals surface area contributed by atoms with Crippen LogP contribution >= 0.6 is 0 Å². The van der Waals surface area contributed by atoms with Crippen LogP contribution in [-0.2, 0) is 0 Å². The maximum absolute atomic E-state index is 12.3. The minimum atomic E-state index is -0.353. The van der Waals surface area contributed by atoms with Crippen LogP contribution in [0.15, 0.2) is 23.5 Å². The first-order valence-electron chi connectivity index (χ1n) is 8.38. The Kier molecular flexibility index (Phi) is 4.07. The highest BCUT2D eigenvalue weighted by atomic mass is 16.2. The Bertz CT molecular complexity index is 1010. The number of amides is 1. The lowest BCUT2D eigenvalue weighted by atomic mass is 10.0. The Morgan fingerprint density at radius 1 is 1.35 bits per heavy atom. The summed E-state index contributed by atoms with van der Waals surface area (Å²) in [7, 11) is 0. The first-order valence-corrected chi connectivity index (χ1v) is 8.38. The molecule has 26 heavy (non-hydrogen) atoms. The summed E-state index contributed by atoms with van der Waals surface area (Å²) in [6.45, 7) is 3.39. The molecule has 3 aromatic heterocycles. The van der Waals surface area contributed by atoms with Crippen LogP contribution in [-0.4, -0.2) is 55.2 Å². The maximum Gasteiger partial charge on any atom is 0.270 e. The van der Waals surface area contributed by atoms with Crippen molar-refractivity contribution in [1.29, 1.82) is 0 Å². The maximum atomic E-state index is 12.3. The number of carbonyl (C=O) groups excluding carboxylic acids is 1. The van der Waals surface area contributed by atoms with Gasteiger partial charge in [-0.1, -0.05) is 0 Å². The lowest BCUT2D eigenvalue weighted by Crippen LogP contribution is -2.48. The van der Waals surface area contributed by atoms with E-state index in [1.165, 1.54) is 18.7 Å². The first kappa shape index (κ1) is 16.2. The highest BCUT2D eigenvalue weighted by Gasteiger charge is 2.25. The summed E-state index contributed by atoms with van der Waals surface area (Å²) in [6, 6.07) is 1.13. The lowest BCUT2D eigenvalue weighted by molar-refractivity contribution is 0.0927. The second-order valence-corrected chi connectivity index (χ2v) is 6.30.